The third kappa shape index (κ3) is 2.70. The molecular weight excluding hydrogens is 333 g/mol. The molecule has 0 aliphatic heterocycles. The molecule has 0 amide bonds. The van der Waals surface area contributed by atoms with Crippen LogP contribution < -0.4 is 0 Å². The van der Waals surface area contributed by atoms with Crippen molar-refractivity contribution >= 4 is 0 Å². The lowest BCUT2D eigenvalue weighted by atomic mass is 9.92. The first-order valence-corrected chi connectivity index (χ1v) is 7.03. The van der Waals surface area contributed by atoms with Crippen LogP contribution in [0.2, 0.25) is 0 Å². The first kappa shape index (κ1) is 16.5. The summed E-state index contributed by atoms with van der Waals surface area (Å²) >= 11 is 0. The van der Waals surface area contributed by atoms with Crippen LogP contribution in [0.1, 0.15) is 48.4 Å². The highest BCUT2D eigenvalue weighted by atomic mass is 19.4. The number of nitrogens with zero attached hydrogens (tertiary/aromatic N) is 2. The Bertz CT molecular complexity index is 602. The maximum Gasteiger partial charge on any atom is 0.435 e. The summed E-state index contributed by atoms with van der Waals surface area (Å²) in [7, 11) is 0. The van der Waals surface area contributed by atoms with Gasteiger partial charge in [0.1, 0.15) is 18.4 Å². The number of hydrogen-bond donors (Lipinski definition) is 1. The highest BCUT2D eigenvalue weighted by Crippen LogP contribution is 2.49. The van der Waals surface area contributed by atoms with Crippen molar-refractivity contribution in [2.75, 3.05) is 0 Å². The zero-order valence-electron chi connectivity index (χ0n) is 11.6. The molecule has 1 N–H and O–H groups in total. The lowest BCUT2D eigenvalue weighted by Gasteiger charge is -2.28. The zero-order valence-corrected chi connectivity index (χ0v) is 11.6. The molecule has 2 aliphatic rings. The summed E-state index contributed by atoms with van der Waals surface area (Å²) in [6.45, 7) is 0. The van der Waals surface area contributed by atoms with Gasteiger partial charge in [-0.3, -0.25) is 4.68 Å². The fraction of sp³-hybridized carbons (Fsp3) is 0.769. The summed E-state index contributed by atoms with van der Waals surface area (Å²) in [4.78, 5) is 0. The van der Waals surface area contributed by atoms with Gasteiger partial charge in [0.15, 0.2) is 5.69 Å². The Kier molecular flexibility index (Phi) is 3.66. The minimum Gasteiger partial charge on any atom is -0.382 e. The molecule has 1 heterocycles. The molecule has 0 saturated heterocycles. The Morgan fingerprint density at radius 2 is 1.65 bits per heavy atom. The Labute approximate surface area is 126 Å². The highest BCUT2D eigenvalue weighted by molar-refractivity contribution is 5.38. The van der Waals surface area contributed by atoms with Crippen molar-refractivity contribution in [3.05, 3.63) is 17.0 Å². The van der Waals surface area contributed by atoms with Gasteiger partial charge >= 0.3 is 6.18 Å². The molecule has 2 aliphatic carbocycles. The second-order valence-corrected chi connectivity index (χ2v) is 6.05. The maximum absolute atomic E-state index is 13.6. The van der Waals surface area contributed by atoms with E-state index < -0.39 is 60.0 Å². The summed E-state index contributed by atoms with van der Waals surface area (Å²) in [5.74, 6) is -3.77. The van der Waals surface area contributed by atoms with Crippen molar-refractivity contribution in [2.45, 2.75) is 62.3 Å². The number of halogens is 7. The largest absolute Gasteiger partial charge is 0.435 e. The fourth-order valence-corrected chi connectivity index (χ4v) is 3.34. The molecule has 10 heteroatoms. The molecule has 0 radical (unpaired) electrons. The van der Waals surface area contributed by atoms with E-state index in [1.165, 1.54) is 0 Å². The van der Waals surface area contributed by atoms with E-state index in [-0.39, 0.29) is 19.3 Å². The molecule has 0 aromatic carbocycles. The van der Waals surface area contributed by atoms with Crippen molar-refractivity contribution in [3.8, 4) is 0 Å². The molecule has 4 atom stereocenters. The smallest absolute Gasteiger partial charge is 0.382 e. The van der Waals surface area contributed by atoms with Crippen LogP contribution >= 0.6 is 0 Å². The van der Waals surface area contributed by atoms with Crippen molar-refractivity contribution in [3.63, 3.8) is 0 Å². The quantitative estimate of drug-likeness (QED) is 0.790. The zero-order chi connectivity index (χ0) is 17.2. The van der Waals surface area contributed by atoms with E-state index in [9.17, 15) is 35.8 Å². The SMILES string of the molecule is O[C@H]1c2c(C(F)(F)F)nn(C3C[C@@H](F)C[C@@H](F)C3)c2CC1(F)F. The van der Waals surface area contributed by atoms with Gasteiger partial charge in [0.25, 0.3) is 5.92 Å². The molecular formula is C13H13F7N2O. The lowest BCUT2D eigenvalue weighted by molar-refractivity contribution is -0.146. The van der Waals surface area contributed by atoms with Gasteiger partial charge in [-0.1, -0.05) is 0 Å². The first-order valence-electron chi connectivity index (χ1n) is 7.03. The molecule has 0 spiro atoms. The lowest BCUT2D eigenvalue weighted by Crippen LogP contribution is -2.30. The van der Waals surface area contributed by atoms with E-state index in [0.717, 1.165) is 0 Å². The number of hydrogen-bond acceptors (Lipinski definition) is 2. The average molecular weight is 346 g/mol. The van der Waals surface area contributed by atoms with Crippen LogP contribution in [0.25, 0.3) is 0 Å². The Balaban J connectivity index is 2.08. The third-order valence-corrected chi connectivity index (χ3v) is 4.31. The number of aliphatic hydroxyl groups is 1. The molecule has 1 aromatic rings. The Morgan fingerprint density at radius 3 is 2.17 bits per heavy atom. The minimum atomic E-state index is -5.05. The molecule has 1 saturated carbocycles. The van der Waals surface area contributed by atoms with Crippen LogP contribution in [0.5, 0.6) is 0 Å². The summed E-state index contributed by atoms with van der Waals surface area (Å²) in [5.41, 5.74) is -3.10. The van der Waals surface area contributed by atoms with Gasteiger partial charge in [-0.25, -0.2) is 17.6 Å². The Morgan fingerprint density at radius 1 is 1.09 bits per heavy atom. The van der Waals surface area contributed by atoms with E-state index in [0.29, 0.717) is 4.68 Å². The maximum atomic E-state index is 13.6. The first-order chi connectivity index (χ1) is 10.5. The van der Waals surface area contributed by atoms with E-state index in [4.69, 9.17) is 0 Å². The van der Waals surface area contributed by atoms with Crippen molar-refractivity contribution in [2.24, 2.45) is 0 Å². The summed E-state index contributed by atoms with van der Waals surface area (Å²) in [6, 6.07) is -1.08. The topological polar surface area (TPSA) is 38.1 Å². The molecule has 3 rings (SSSR count). The van der Waals surface area contributed by atoms with E-state index in [1.54, 1.807) is 0 Å². The highest BCUT2D eigenvalue weighted by Gasteiger charge is 2.55. The predicted molar refractivity (Wildman–Crippen MR) is 63.5 cm³/mol. The van der Waals surface area contributed by atoms with Crippen LogP contribution in [0.3, 0.4) is 0 Å². The molecule has 130 valence electrons. The predicted octanol–water partition coefficient (Wildman–Crippen LogP) is 3.53. The monoisotopic (exact) mass is 346 g/mol. The van der Waals surface area contributed by atoms with Gasteiger partial charge in [0, 0.05) is 24.8 Å². The van der Waals surface area contributed by atoms with Crippen LogP contribution in [0.15, 0.2) is 0 Å². The number of rotatable bonds is 1. The molecule has 0 bridgehead atoms. The number of alkyl halides is 7. The summed E-state index contributed by atoms with van der Waals surface area (Å²) < 4.78 is 93.9. The van der Waals surface area contributed by atoms with Gasteiger partial charge in [0.2, 0.25) is 0 Å². The summed E-state index contributed by atoms with van der Waals surface area (Å²) in [6.07, 6.45) is -12.9. The van der Waals surface area contributed by atoms with Gasteiger partial charge in [-0.2, -0.15) is 18.3 Å². The van der Waals surface area contributed by atoms with Crippen molar-refractivity contribution in [1.82, 2.24) is 9.78 Å². The van der Waals surface area contributed by atoms with Crippen LogP contribution in [0.4, 0.5) is 30.7 Å². The van der Waals surface area contributed by atoms with E-state index >= 15 is 0 Å². The standard InChI is InChI=1S/C13H13F7N2O/c14-5-1-6(15)3-7(2-5)22-8-4-12(16,17)11(23)9(8)10(21-22)13(18,19)20/h5-7,11,23H,1-4H2/t5-,6+,7?,11-/m0/s1. The van der Waals surface area contributed by atoms with Crippen molar-refractivity contribution < 1.29 is 35.8 Å². The molecule has 1 unspecified atom stereocenters. The Hall–Kier alpha value is -1.32. The molecule has 3 nitrogen and oxygen atoms in total. The van der Waals surface area contributed by atoms with Crippen LogP contribution in [0, 0.1) is 0 Å². The summed E-state index contributed by atoms with van der Waals surface area (Å²) in [5, 5.41) is 12.8. The second-order valence-electron chi connectivity index (χ2n) is 6.05. The van der Waals surface area contributed by atoms with E-state index in [1.807, 2.05) is 0 Å². The number of aliphatic hydroxyl groups excluding tert-OH is 1. The molecule has 1 aromatic heterocycles. The van der Waals surface area contributed by atoms with Gasteiger partial charge in [0.05, 0.1) is 18.2 Å². The van der Waals surface area contributed by atoms with Crippen LogP contribution in [-0.2, 0) is 12.6 Å². The van der Waals surface area contributed by atoms with Crippen LogP contribution in [-0.4, -0.2) is 33.2 Å². The fourth-order valence-electron chi connectivity index (χ4n) is 3.34. The molecule has 1 fully saturated rings. The minimum absolute atomic E-state index is 0.298. The average Bonchev–Trinajstić information content (AvgIpc) is 2.84. The number of fused-ring (bicyclic) bond motifs is 1. The second kappa shape index (κ2) is 5.09. The normalized spacial score (nSPS) is 33.7. The van der Waals surface area contributed by atoms with Gasteiger partial charge in [-0.15, -0.1) is 0 Å². The van der Waals surface area contributed by atoms with Gasteiger partial charge < -0.3 is 5.11 Å². The molecule has 23 heavy (non-hydrogen) atoms. The van der Waals surface area contributed by atoms with E-state index in [2.05, 4.69) is 5.10 Å². The third-order valence-electron chi connectivity index (χ3n) is 4.31. The van der Waals surface area contributed by atoms with Crippen molar-refractivity contribution in [1.29, 1.82) is 0 Å². The number of aromatic nitrogens is 2. The van der Waals surface area contributed by atoms with Gasteiger partial charge in [-0.05, 0) is 0 Å².